The van der Waals surface area contributed by atoms with E-state index in [-0.39, 0.29) is 22.7 Å². The van der Waals surface area contributed by atoms with E-state index in [1.54, 1.807) is 12.1 Å². The SMILES string of the molecule is N=C(c1ccccn1)c1cc(C(F)(F)F)ccc1O. The molecule has 98 valence electrons. The molecule has 0 aliphatic heterocycles. The number of hydrogen-bond acceptors (Lipinski definition) is 3. The monoisotopic (exact) mass is 266 g/mol. The number of hydrogen-bond donors (Lipinski definition) is 2. The summed E-state index contributed by atoms with van der Waals surface area (Å²) in [6, 6.07) is 7.17. The molecule has 19 heavy (non-hydrogen) atoms. The highest BCUT2D eigenvalue weighted by Gasteiger charge is 2.31. The number of alkyl halides is 3. The van der Waals surface area contributed by atoms with Gasteiger partial charge < -0.3 is 5.11 Å². The van der Waals surface area contributed by atoms with E-state index in [0.717, 1.165) is 18.2 Å². The van der Waals surface area contributed by atoms with Gasteiger partial charge in [-0.25, -0.2) is 0 Å². The van der Waals surface area contributed by atoms with E-state index in [4.69, 9.17) is 5.41 Å². The summed E-state index contributed by atoms with van der Waals surface area (Å²) < 4.78 is 37.8. The highest BCUT2D eigenvalue weighted by atomic mass is 19.4. The van der Waals surface area contributed by atoms with Crippen molar-refractivity contribution in [3.8, 4) is 5.75 Å². The van der Waals surface area contributed by atoms with Gasteiger partial charge in [0.1, 0.15) is 5.75 Å². The molecule has 0 saturated heterocycles. The van der Waals surface area contributed by atoms with Crippen LogP contribution in [-0.4, -0.2) is 15.8 Å². The minimum absolute atomic E-state index is 0.192. The van der Waals surface area contributed by atoms with Gasteiger partial charge in [-0.15, -0.1) is 0 Å². The molecule has 0 amide bonds. The van der Waals surface area contributed by atoms with Gasteiger partial charge in [0.15, 0.2) is 0 Å². The first-order valence-electron chi connectivity index (χ1n) is 5.30. The first-order chi connectivity index (χ1) is 8.89. The summed E-state index contributed by atoms with van der Waals surface area (Å²) >= 11 is 0. The number of benzene rings is 1. The van der Waals surface area contributed by atoms with Crippen molar-refractivity contribution in [2.45, 2.75) is 6.18 Å². The van der Waals surface area contributed by atoms with Gasteiger partial charge in [-0.05, 0) is 30.3 Å². The predicted octanol–water partition coefficient (Wildman–Crippen LogP) is 3.22. The quantitative estimate of drug-likeness (QED) is 0.820. The maximum absolute atomic E-state index is 12.6. The summed E-state index contributed by atoms with van der Waals surface area (Å²) in [5, 5.41) is 17.4. The average molecular weight is 266 g/mol. The molecule has 0 spiro atoms. The number of halogens is 3. The molecule has 0 atom stereocenters. The molecule has 2 aromatic rings. The molecule has 0 aliphatic rings. The van der Waals surface area contributed by atoms with Gasteiger partial charge >= 0.3 is 6.18 Å². The average Bonchev–Trinajstić information content (AvgIpc) is 2.38. The minimum atomic E-state index is -4.52. The lowest BCUT2D eigenvalue weighted by molar-refractivity contribution is -0.137. The smallest absolute Gasteiger partial charge is 0.416 e. The van der Waals surface area contributed by atoms with Crippen molar-refractivity contribution in [2.75, 3.05) is 0 Å². The van der Waals surface area contributed by atoms with Crippen LogP contribution in [0.4, 0.5) is 13.2 Å². The Hall–Kier alpha value is -2.37. The zero-order valence-electron chi connectivity index (χ0n) is 9.57. The van der Waals surface area contributed by atoms with Crippen molar-refractivity contribution in [3.05, 3.63) is 59.4 Å². The fraction of sp³-hybridized carbons (Fsp3) is 0.0769. The van der Waals surface area contributed by atoms with Crippen LogP contribution in [0.25, 0.3) is 0 Å². The third-order valence-corrected chi connectivity index (χ3v) is 2.51. The lowest BCUT2D eigenvalue weighted by Crippen LogP contribution is -2.09. The van der Waals surface area contributed by atoms with Crippen LogP contribution >= 0.6 is 0 Å². The number of nitrogens with one attached hydrogen (secondary N) is 1. The Morgan fingerprint density at radius 3 is 2.47 bits per heavy atom. The van der Waals surface area contributed by atoms with Crippen LogP contribution in [0.5, 0.6) is 5.75 Å². The Bertz CT molecular complexity index is 609. The number of pyridine rings is 1. The summed E-state index contributed by atoms with van der Waals surface area (Å²) in [4.78, 5) is 3.87. The van der Waals surface area contributed by atoms with Crippen molar-refractivity contribution in [1.82, 2.24) is 4.98 Å². The summed E-state index contributed by atoms with van der Waals surface area (Å²) in [5.41, 5.74) is -1.18. The number of aromatic nitrogens is 1. The van der Waals surface area contributed by atoms with E-state index in [9.17, 15) is 18.3 Å². The van der Waals surface area contributed by atoms with Gasteiger partial charge in [0.2, 0.25) is 0 Å². The third-order valence-electron chi connectivity index (χ3n) is 2.51. The lowest BCUT2D eigenvalue weighted by atomic mass is 10.0. The Balaban J connectivity index is 2.48. The molecular formula is C13H9F3N2O. The minimum Gasteiger partial charge on any atom is -0.507 e. The van der Waals surface area contributed by atoms with E-state index in [2.05, 4.69) is 4.98 Å². The summed E-state index contributed by atoms with van der Waals surface area (Å²) in [6.07, 6.45) is -3.10. The van der Waals surface area contributed by atoms with Gasteiger partial charge in [0.25, 0.3) is 0 Å². The van der Waals surface area contributed by atoms with Crippen LogP contribution in [0, 0.1) is 5.41 Å². The van der Waals surface area contributed by atoms with E-state index in [0.29, 0.717) is 0 Å². The Kier molecular flexibility index (Phi) is 3.25. The second-order valence-electron chi connectivity index (χ2n) is 3.82. The zero-order chi connectivity index (χ0) is 14.0. The molecule has 0 unspecified atom stereocenters. The number of aromatic hydroxyl groups is 1. The van der Waals surface area contributed by atoms with Gasteiger partial charge in [-0.3, -0.25) is 10.4 Å². The zero-order valence-corrected chi connectivity index (χ0v) is 9.57. The van der Waals surface area contributed by atoms with Crippen molar-refractivity contribution in [1.29, 1.82) is 5.41 Å². The highest BCUT2D eigenvalue weighted by molar-refractivity contribution is 6.11. The molecular weight excluding hydrogens is 257 g/mol. The number of phenolic OH excluding ortho intramolecular Hbond substituents is 1. The number of phenols is 1. The fourth-order valence-corrected chi connectivity index (χ4v) is 1.56. The molecule has 1 aromatic heterocycles. The predicted molar refractivity (Wildman–Crippen MR) is 63.3 cm³/mol. The van der Waals surface area contributed by atoms with Crippen LogP contribution in [0.1, 0.15) is 16.8 Å². The van der Waals surface area contributed by atoms with Crippen molar-refractivity contribution >= 4 is 5.71 Å². The topological polar surface area (TPSA) is 57.0 Å². The standard InChI is InChI=1S/C13H9F3N2O/c14-13(15,16)8-4-5-11(19)9(7-8)12(17)10-3-1-2-6-18-10/h1-7,17,19H. The third kappa shape index (κ3) is 2.73. The van der Waals surface area contributed by atoms with E-state index in [1.807, 2.05) is 0 Å². The molecule has 0 saturated carbocycles. The molecule has 3 nitrogen and oxygen atoms in total. The Morgan fingerprint density at radius 1 is 1.16 bits per heavy atom. The van der Waals surface area contributed by atoms with Crippen LogP contribution in [0.15, 0.2) is 42.6 Å². The van der Waals surface area contributed by atoms with E-state index < -0.39 is 11.7 Å². The molecule has 2 N–H and O–H groups in total. The lowest BCUT2D eigenvalue weighted by Gasteiger charge is -2.11. The van der Waals surface area contributed by atoms with Gasteiger partial charge in [-0.1, -0.05) is 6.07 Å². The van der Waals surface area contributed by atoms with Crippen molar-refractivity contribution < 1.29 is 18.3 Å². The van der Waals surface area contributed by atoms with Gasteiger partial charge in [0, 0.05) is 11.8 Å². The van der Waals surface area contributed by atoms with Crippen LogP contribution in [0.2, 0.25) is 0 Å². The van der Waals surface area contributed by atoms with Crippen LogP contribution in [-0.2, 0) is 6.18 Å². The maximum atomic E-state index is 12.6. The van der Waals surface area contributed by atoms with Gasteiger partial charge in [-0.2, -0.15) is 13.2 Å². The van der Waals surface area contributed by atoms with Crippen molar-refractivity contribution in [3.63, 3.8) is 0 Å². The molecule has 2 rings (SSSR count). The number of nitrogens with zero attached hydrogens (tertiary/aromatic N) is 1. The normalized spacial score (nSPS) is 11.3. The first-order valence-corrected chi connectivity index (χ1v) is 5.30. The molecule has 0 radical (unpaired) electrons. The summed E-state index contributed by atoms with van der Waals surface area (Å²) in [7, 11) is 0. The number of rotatable bonds is 2. The molecule has 6 heteroatoms. The summed E-state index contributed by atoms with van der Waals surface area (Å²) in [5.74, 6) is -0.386. The highest BCUT2D eigenvalue weighted by Crippen LogP contribution is 2.32. The first kappa shape index (κ1) is 13.1. The molecule has 1 heterocycles. The fourth-order valence-electron chi connectivity index (χ4n) is 1.56. The molecule has 0 fully saturated rings. The van der Waals surface area contributed by atoms with Crippen LogP contribution in [0.3, 0.4) is 0 Å². The molecule has 1 aromatic carbocycles. The van der Waals surface area contributed by atoms with Crippen LogP contribution < -0.4 is 0 Å². The summed E-state index contributed by atoms with van der Waals surface area (Å²) in [6.45, 7) is 0. The molecule has 0 bridgehead atoms. The van der Waals surface area contributed by atoms with Crippen molar-refractivity contribution in [2.24, 2.45) is 0 Å². The Labute approximate surface area is 106 Å². The second-order valence-corrected chi connectivity index (χ2v) is 3.82. The van der Waals surface area contributed by atoms with E-state index >= 15 is 0 Å². The van der Waals surface area contributed by atoms with Gasteiger partial charge in [0.05, 0.1) is 17.0 Å². The second kappa shape index (κ2) is 4.72. The maximum Gasteiger partial charge on any atom is 0.416 e. The largest absolute Gasteiger partial charge is 0.507 e. The van der Waals surface area contributed by atoms with E-state index in [1.165, 1.54) is 12.3 Å². The molecule has 0 aliphatic carbocycles. The Morgan fingerprint density at radius 2 is 1.89 bits per heavy atom.